The summed E-state index contributed by atoms with van der Waals surface area (Å²) in [5, 5.41) is 2.82. The molecule has 1 atom stereocenters. The van der Waals surface area contributed by atoms with Crippen molar-refractivity contribution in [3.8, 4) is 0 Å². The molecule has 2 aromatic rings. The summed E-state index contributed by atoms with van der Waals surface area (Å²) in [5.41, 5.74) is 1.44. The van der Waals surface area contributed by atoms with Gasteiger partial charge in [-0.05, 0) is 72.2 Å². The lowest BCUT2D eigenvalue weighted by molar-refractivity contribution is -0.138. The predicted octanol–water partition coefficient (Wildman–Crippen LogP) is 3.04. The molecule has 2 amide bonds. The fourth-order valence-corrected chi connectivity index (χ4v) is 4.40. The lowest BCUT2D eigenvalue weighted by atomic mass is 10.1. The van der Waals surface area contributed by atoms with Crippen molar-refractivity contribution >= 4 is 50.1 Å². The minimum atomic E-state index is -3.70. The molecular weight excluding hydrogens is 541 g/mol. The first-order valence-corrected chi connectivity index (χ1v) is 13.4. The van der Waals surface area contributed by atoms with E-state index in [1.54, 1.807) is 31.2 Å². The molecule has 0 aliphatic rings. The second kappa shape index (κ2) is 12.2. The van der Waals surface area contributed by atoms with Gasteiger partial charge in [0, 0.05) is 16.7 Å². The molecule has 9 heteroatoms. The van der Waals surface area contributed by atoms with E-state index in [0.29, 0.717) is 25.2 Å². The molecule has 0 aliphatic carbocycles. The molecule has 0 aliphatic heterocycles. The maximum Gasteiger partial charge on any atom is 0.244 e. The fourth-order valence-electron chi connectivity index (χ4n) is 3.19. The van der Waals surface area contributed by atoms with Crippen LogP contribution in [0.15, 0.2) is 54.6 Å². The first-order chi connectivity index (χ1) is 15.1. The second-order valence-electron chi connectivity index (χ2n) is 7.54. The number of halogens is 1. The van der Waals surface area contributed by atoms with Crippen LogP contribution in [0.2, 0.25) is 0 Å². The molecule has 1 N–H and O–H groups in total. The van der Waals surface area contributed by atoms with Crippen LogP contribution in [-0.2, 0) is 26.0 Å². The Labute approximate surface area is 204 Å². The third-order valence-corrected chi connectivity index (χ3v) is 6.85. The van der Waals surface area contributed by atoms with Crippen molar-refractivity contribution in [2.24, 2.45) is 0 Å². The number of carbonyl (C=O) groups excluding carboxylic acids is 2. The van der Waals surface area contributed by atoms with Gasteiger partial charge in [0.1, 0.15) is 12.6 Å². The molecule has 2 rings (SSSR count). The molecule has 32 heavy (non-hydrogen) atoms. The van der Waals surface area contributed by atoms with Crippen molar-refractivity contribution in [2.75, 3.05) is 30.2 Å². The molecular formula is C23H30IN3O4S. The lowest BCUT2D eigenvalue weighted by Gasteiger charge is -2.31. The second-order valence-corrected chi connectivity index (χ2v) is 10.7. The number of nitrogens with one attached hydrogen (secondary N) is 1. The van der Waals surface area contributed by atoms with Crippen molar-refractivity contribution in [3.63, 3.8) is 0 Å². The average Bonchev–Trinajstić information content (AvgIpc) is 2.76. The summed E-state index contributed by atoms with van der Waals surface area (Å²) in [6.45, 7) is 4.06. The molecule has 2 aromatic carbocycles. The van der Waals surface area contributed by atoms with Gasteiger partial charge in [0.05, 0.1) is 11.9 Å². The lowest BCUT2D eigenvalue weighted by Crippen LogP contribution is -2.52. The Balaban J connectivity index is 2.27. The number of benzene rings is 2. The van der Waals surface area contributed by atoms with Crippen LogP contribution in [0.1, 0.15) is 25.8 Å². The van der Waals surface area contributed by atoms with Crippen molar-refractivity contribution in [2.45, 2.75) is 32.7 Å². The van der Waals surface area contributed by atoms with Gasteiger partial charge in [-0.25, -0.2) is 8.42 Å². The number of amides is 2. The number of nitrogens with zero attached hydrogens (tertiary/aromatic N) is 2. The van der Waals surface area contributed by atoms with Gasteiger partial charge in [-0.2, -0.15) is 0 Å². The van der Waals surface area contributed by atoms with Crippen LogP contribution in [-0.4, -0.2) is 57.1 Å². The van der Waals surface area contributed by atoms with Crippen LogP contribution in [0.4, 0.5) is 5.69 Å². The Morgan fingerprint density at radius 2 is 1.69 bits per heavy atom. The highest BCUT2D eigenvalue weighted by atomic mass is 127. The number of rotatable bonds is 11. The van der Waals surface area contributed by atoms with Gasteiger partial charge in [-0.1, -0.05) is 37.3 Å². The van der Waals surface area contributed by atoms with Gasteiger partial charge >= 0.3 is 0 Å². The van der Waals surface area contributed by atoms with Crippen LogP contribution in [0, 0.1) is 3.57 Å². The smallest absolute Gasteiger partial charge is 0.244 e. The molecule has 0 fully saturated rings. The third-order valence-electron chi connectivity index (χ3n) is 4.99. The van der Waals surface area contributed by atoms with Gasteiger partial charge in [0.2, 0.25) is 21.8 Å². The van der Waals surface area contributed by atoms with E-state index in [9.17, 15) is 18.0 Å². The summed E-state index contributed by atoms with van der Waals surface area (Å²) in [5.74, 6) is -0.683. The van der Waals surface area contributed by atoms with E-state index in [1.807, 2.05) is 37.3 Å². The van der Waals surface area contributed by atoms with Crippen LogP contribution in [0.25, 0.3) is 0 Å². The summed E-state index contributed by atoms with van der Waals surface area (Å²) in [6, 6.07) is 15.8. The van der Waals surface area contributed by atoms with E-state index in [-0.39, 0.29) is 12.5 Å². The summed E-state index contributed by atoms with van der Waals surface area (Å²) < 4.78 is 27.0. The molecule has 0 heterocycles. The van der Waals surface area contributed by atoms with E-state index in [1.165, 1.54) is 4.90 Å². The van der Waals surface area contributed by atoms with E-state index < -0.39 is 22.0 Å². The molecule has 174 valence electrons. The van der Waals surface area contributed by atoms with Gasteiger partial charge < -0.3 is 10.2 Å². The molecule has 0 radical (unpaired) electrons. The number of sulfonamides is 1. The Bertz CT molecular complexity index is 998. The minimum absolute atomic E-state index is 0.256. The Kier molecular flexibility index (Phi) is 9.95. The van der Waals surface area contributed by atoms with E-state index in [2.05, 4.69) is 27.9 Å². The van der Waals surface area contributed by atoms with Crippen molar-refractivity contribution in [3.05, 3.63) is 63.7 Å². The predicted molar refractivity (Wildman–Crippen MR) is 136 cm³/mol. The summed E-state index contributed by atoms with van der Waals surface area (Å²) >= 11 is 2.13. The Morgan fingerprint density at radius 1 is 1.06 bits per heavy atom. The number of anilines is 1. The van der Waals surface area contributed by atoms with Crippen LogP contribution < -0.4 is 9.62 Å². The number of carbonyl (C=O) groups is 2. The van der Waals surface area contributed by atoms with Crippen LogP contribution in [0.5, 0.6) is 0 Å². The maximum atomic E-state index is 13.3. The van der Waals surface area contributed by atoms with Crippen LogP contribution >= 0.6 is 22.6 Å². The molecule has 0 spiro atoms. The minimum Gasteiger partial charge on any atom is -0.354 e. The zero-order valence-corrected chi connectivity index (χ0v) is 21.6. The van der Waals surface area contributed by atoms with Gasteiger partial charge in [-0.15, -0.1) is 0 Å². The largest absolute Gasteiger partial charge is 0.354 e. The Hall–Kier alpha value is -2.14. The summed E-state index contributed by atoms with van der Waals surface area (Å²) in [4.78, 5) is 27.4. The molecule has 0 aromatic heterocycles. The highest BCUT2D eigenvalue weighted by molar-refractivity contribution is 14.1. The summed E-state index contributed by atoms with van der Waals surface area (Å²) in [6.07, 6.45) is 2.41. The Morgan fingerprint density at radius 3 is 2.25 bits per heavy atom. The van der Waals surface area contributed by atoms with Crippen molar-refractivity contribution in [1.29, 1.82) is 0 Å². The average molecular weight is 571 g/mol. The standard InChI is InChI=1S/C23H30IN3O4S/c1-4-15-25-23(29)18(2)26(16-14-19-8-6-5-7-9-19)22(28)17-27(32(3,30)31)21-12-10-20(24)11-13-21/h5-13,18H,4,14-17H2,1-3H3,(H,25,29)/t18-/m1/s1. The van der Waals surface area contributed by atoms with Gasteiger partial charge in [0.25, 0.3) is 0 Å². The molecule has 0 saturated heterocycles. The molecule has 0 saturated carbocycles. The van der Waals surface area contributed by atoms with Crippen LogP contribution in [0.3, 0.4) is 0 Å². The van der Waals surface area contributed by atoms with E-state index >= 15 is 0 Å². The van der Waals surface area contributed by atoms with E-state index in [4.69, 9.17) is 0 Å². The number of hydrogen-bond donors (Lipinski definition) is 1. The normalized spacial score (nSPS) is 12.1. The first-order valence-electron chi connectivity index (χ1n) is 10.5. The fraction of sp³-hybridized carbons (Fsp3) is 0.391. The summed E-state index contributed by atoms with van der Waals surface area (Å²) in [7, 11) is -3.70. The zero-order chi connectivity index (χ0) is 23.7. The quantitative estimate of drug-likeness (QED) is 0.421. The number of hydrogen-bond acceptors (Lipinski definition) is 4. The van der Waals surface area contributed by atoms with Crippen molar-refractivity contribution < 1.29 is 18.0 Å². The highest BCUT2D eigenvalue weighted by Gasteiger charge is 2.29. The molecule has 0 unspecified atom stereocenters. The monoisotopic (exact) mass is 571 g/mol. The SMILES string of the molecule is CCCNC(=O)[C@@H](C)N(CCc1ccccc1)C(=O)CN(c1ccc(I)cc1)S(C)(=O)=O. The topological polar surface area (TPSA) is 86.8 Å². The molecule has 7 nitrogen and oxygen atoms in total. The molecule has 0 bridgehead atoms. The maximum absolute atomic E-state index is 13.3. The first kappa shape index (κ1) is 26.1. The third kappa shape index (κ3) is 7.77. The highest BCUT2D eigenvalue weighted by Crippen LogP contribution is 2.20. The van der Waals surface area contributed by atoms with Gasteiger partial charge in [0.15, 0.2) is 0 Å². The van der Waals surface area contributed by atoms with Crippen molar-refractivity contribution in [1.82, 2.24) is 10.2 Å². The van der Waals surface area contributed by atoms with E-state index in [0.717, 1.165) is 26.1 Å². The van der Waals surface area contributed by atoms with Gasteiger partial charge in [-0.3, -0.25) is 13.9 Å². The zero-order valence-electron chi connectivity index (χ0n) is 18.6.